The van der Waals surface area contributed by atoms with Gasteiger partial charge in [-0.05, 0) is 37.5 Å². The van der Waals surface area contributed by atoms with Crippen molar-refractivity contribution in [2.24, 2.45) is 11.8 Å². The third kappa shape index (κ3) is 72.4. The van der Waals surface area contributed by atoms with Crippen LogP contribution in [0.5, 0.6) is 0 Å². The summed E-state index contributed by atoms with van der Waals surface area (Å²) in [6.07, 6.45) is 59.6. The number of ether oxygens (including phenoxy) is 4. The van der Waals surface area contributed by atoms with Gasteiger partial charge in [0.15, 0.2) is 12.2 Å². The Bertz CT molecular complexity index is 1890. The highest BCUT2D eigenvalue weighted by atomic mass is 31.2. The lowest BCUT2D eigenvalue weighted by molar-refractivity contribution is -0.161. The van der Waals surface area contributed by atoms with Crippen molar-refractivity contribution in [2.75, 3.05) is 39.6 Å². The maximum absolute atomic E-state index is 13.1. The van der Waals surface area contributed by atoms with Crippen LogP contribution >= 0.6 is 15.6 Å². The molecule has 0 aliphatic carbocycles. The molecule has 0 spiro atoms. The molecule has 5 atom stereocenters. The molecule has 19 heteroatoms. The minimum absolute atomic E-state index is 0.108. The Morgan fingerprint density at radius 3 is 0.694 bits per heavy atom. The zero-order valence-corrected chi connectivity index (χ0v) is 65.9. The number of hydrogen-bond donors (Lipinski definition) is 3. The molecule has 0 heterocycles. The average molecular weight is 1440 g/mol. The summed E-state index contributed by atoms with van der Waals surface area (Å²) in [6.45, 7) is 9.65. The van der Waals surface area contributed by atoms with E-state index in [-0.39, 0.29) is 25.7 Å². The van der Waals surface area contributed by atoms with Crippen molar-refractivity contribution in [1.82, 2.24) is 0 Å². The van der Waals surface area contributed by atoms with Crippen LogP contribution in [0.3, 0.4) is 0 Å². The Kier molecular flexibility index (Phi) is 69.3. The first kappa shape index (κ1) is 96.1. The molecule has 0 aromatic carbocycles. The Morgan fingerprint density at radius 1 is 0.276 bits per heavy atom. The van der Waals surface area contributed by atoms with E-state index in [1.807, 2.05) is 0 Å². The van der Waals surface area contributed by atoms with E-state index in [4.69, 9.17) is 37.0 Å². The molecule has 582 valence electrons. The highest BCUT2D eigenvalue weighted by Crippen LogP contribution is 2.45. The molecular weight excluding hydrogens is 1280 g/mol. The van der Waals surface area contributed by atoms with Crippen molar-refractivity contribution in [2.45, 2.75) is 432 Å². The first-order chi connectivity index (χ1) is 47.4. The van der Waals surface area contributed by atoms with E-state index in [1.54, 1.807) is 0 Å². The molecule has 0 saturated heterocycles. The Hall–Kier alpha value is -1.94. The Balaban J connectivity index is 5.21. The van der Waals surface area contributed by atoms with Gasteiger partial charge in [0, 0.05) is 25.7 Å². The molecule has 17 nitrogen and oxygen atoms in total. The molecule has 0 fully saturated rings. The number of esters is 4. The molecule has 98 heavy (non-hydrogen) atoms. The third-order valence-corrected chi connectivity index (χ3v) is 20.4. The van der Waals surface area contributed by atoms with E-state index >= 15 is 0 Å². The quantitative estimate of drug-likeness (QED) is 0.0222. The number of phosphoric acid groups is 2. The van der Waals surface area contributed by atoms with Crippen molar-refractivity contribution in [1.29, 1.82) is 0 Å². The predicted octanol–water partition coefficient (Wildman–Crippen LogP) is 23.5. The number of phosphoric ester groups is 2. The van der Waals surface area contributed by atoms with Crippen molar-refractivity contribution in [3.05, 3.63) is 0 Å². The van der Waals surface area contributed by atoms with Crippen molar-refractivity contribution in [3.8, 4) is 0 Å². The first-order valence-corrected chi connectivity index (χ1v) is 44.0. The molecular formula is C79H154O17P2. The van der Waals surface area contributed by atoms with Gasteiger partial charge < -0.3 is 33.8 Å². The third-order valence-electron chi connectivity index (χ3n) is 18.5. The van der Waals surface area contributed by atoms with E-state index in [0.717, 1.165) is 108 Å². The van der Waals surface area contributed by atoms with Crippen molar-refractivity contribution >= 4 is 39.5 Å². The molecule has 0 radical (unpaired) electrons. The fourth-order valence-corrected chi connectivity index (χ4v) is 13.8. The number of carbonyl (C=O) groups excluding carboxylic acids is 4. The van der Waals surface area contributed by atoms with E-state index < -0.39 is 97.5 Å². The van der Waals surface area contributed by atoms with Gasteiger partial charge in [0.2, 0.25) is 0 Å². The fourth-order valence-electron chi connectivity index (χ4n) is 12.2. The second-order valence-corrected chi connectivity index (χ2v) is 32.3. The first-order valence-electron chi connectivity index (χ1n) is 41.0. The van der Waals surface area contributed by atoms with Gasteiger partial charge in [-0.1, -0.05) is 363 Å². The highest BCUT2D eigenvalue weighted by Gasteiger charge is 2.30. The van der Waals surface area contributed by atoms with Gasteiger partial charge in [0.05, 0.1) is 26.4 Å². The zero-order valence-electron chi connectivity index (χ0n) is 64.1. The van der Waals surface area contributed by atoms with Gasteiger partial charge in [0.1, 0.15) is 19.3 Å². The van der Waals surface area contributed by atoms with E-state index in [2.05, 4.69) is 41.5 Å². The predicted molar refractivity (Wildman–Crippen MR) is 400 cm³/mol. The summed E-state index contributed by atoms with van der Waals surface area (Å²) in [5, 5.41) is 10.6. The normalized spacial score (nSPS) is 13.9. The van der Waals surface area contributed by atoms with Crippen LogP contribution in [0, 0.1) is 11.8 Å². The maximum atomic E-state index is 13.1. The largest absolute Gasteiger partial charge is 0.472 e. The standard InChI is InChI=1S/C79H154O17P2/c1-7-9-11-13-15-17-18-19-20-23-28-34-39-45-51-57-63-78(83)95-74(67-89-76(81)61-55-49-43-16-14-12-10-8-2)69-93-97(85,86)91-65-73(80)66-92-98(87,88)94-70-75(68-90-77(82)62-56-50-44-38-33-30-25-27-32-37-42-48-54-60-72(5)6)96-79(84)64-58-52-46-40-35-29-24-21-22-26-31-36-41-47-53-59-71(3)4/h71-75,80H,7-70H2,1-6H3,(H,85,86)(H,87,88)/t73-,74+,75+/m0/s1. The summed E-state index contributed by atoms with van der Waals surface area (Å²) in [6, 6.07) is 0. The molecule has 2 unspecified atom stereocenters. The van der Waals surface area contributed by atoms with Crippen LogP contribution in [0.2, 0.25) is 0 Å². The van der Waals surface area contributed by atoms with Gasteiger partial charge in [-0.2, -0.15) is 0 Å². The smallest absolute Gasteiger partial charge is 0.462 e. The summed E-state index contributed by atoms with van der Waals surface area (Å²) in [5.41, 5.74) is 0. The number of unbranched alkanes of at least 4 members (excludes halogenated alkanes) is 48. The van der Waals surface area contributed by atoms with Crippen molar-refractivity contribution in [3.63, 3.8) is 0 Å². The van der Waals surface area contributed by atoms with Crippen LogP contribution in [0.25, 0.3) is 0 Å². The second-order valence-electron chi connectivity index (χ2n) is 29.4. The minimum atomic E-state index is -4.96. The van der Waals surface area contributed by atoms with Gasteiger partial charge >= 0.3 is 39.5 Å². The molecule has 0 bridgehead atoms. The molecule has 0 rings (SSSR count). The number of hydrogen-bond acceptors (Lipinski definition) is 15. The monoisotopic (exact) mass is 1440 g/mol. The molecule has 0 aliphatic rings. The minimum Gasteiger partial charge on any atom is -0.462 e. The Morgan fingerprint density at radius 2 is 0.469 bits per heavy atom. The lowest BCUT2D eigenvalue weighted by atomic mass is 10.0. The summed E-state index contributed by atoms with van der Waals surface area (Å²) in [5.74, 6) is -0.518. The topological polar surface area (TPSA) is 237 Å². The van der Waals surface area contributed by atoms with Crippen LogP contribution < -0.4 is 0 Å². The van der Waals surface area contributed by atoms with Gasteiger partial charge in [-0.15, -0.1) is 0 Å². The van der Waals surface area contributed by atoms with Gasteiger partial charge in [-0.25, -0.2) is 9.13 Å². The average Bonchev–Trinajstić information content (AvgIpc) is 0.964. The van der Waals surface area contributed by atoms with E-state index in [9.17, 15) is 43.2 Å². The number of aliphatic hydroxyl groups is 1. The lowest BCUT2D eigenvalue weighted by Gasteiger charge is -2.21. The molecule has 0 amide bonds. The SMILES string of the molecule is CCCCCCCCCCCCCCCCCCC(=O)O[C@H](COC(=O)CCCCCCCCCC)COP(=O)(O)OC[C@H](O)COP(=O)(O)OC[C@@H](COC(=O)CCCCCCCCCCCCCCCC(C)C)OC(=O)CCCCCCCCCCCCCCCCCC(C)C. The van der Waals surface area contributed by atoms with Crippen LogP contribution in [0.15, 0.2) is 0 Å². The number of aliphatic hydroxyl groups excluding tert-OH is 1. The number of rotatable bonds is 78. The molecule has 0 aromatic heterocycles. The summed E-state index contributed by atoms with van der Waals surface area (Å²) >= 11 is 0. The maximum Gasteiger partial charge on any atom is 0.472 e. The summed E-state index contributed by atoms with van der Waals surface area (Å²) in [4.78, 5) is 72.9. The molecule has 0 aromatic rings. The number of carbonyl (C=O) groups is 4. The van der Waals surface area contributed by atoms with E-state index in [1.165, 1.54) is 225 Å². The highest BCUT2D eigenvalue weighted by molar-refractivity contribution is 7.47. The molecule has 0 aliphatic heterocycles. The second kappa shape index (κ2) is 70.7. The van der Waals surface area contributed by atoms with E-state index in [0.29, 0.717) is 25.7 Å². The van der Waals surface area contributed by atoms with Crippen LogP contribution in [0.1, 0.15) is 414 Å². The molecule has 0 saturated carbocycles. The summed E-state index contributed by atoms with van der Waals surface area (Å²) < 4.78 is 68.6. The summed E-state index contributed by atoms with van der Waals surface area (Å²) in [7, 11) is -9.91. The lowest BCUT2D eigenvalue weighted by Crippen LogP contribution is -2.30. The van der Waals surface area contributed by atoms with Crippen LogP contribution in [-0.2, 0) is 65.4 Å². The van der Waals surface area contributed by atoms with Crippen molar-refractivity contribution < 1.29 is 80.2 Å². The molecule has 3 N–H and O–H groups in total. The van der Waals surface area contributed by atoms with Crippen LogP contribution in [-0.4, -0.2) is 96.7 Å². The van der Waals surface area contributed by atoms with Gasteiger partial charge in [-0.3, -0.25) is 37.3 Å². The Labute approximate surface area is 600 Å². The van der Waals surface area contributed by atoms with Crippen LogP contribution in [0.4, 0.5) is 0 Å². The fraction of sp³-hybridized carbons (Fsp3) is 0.949. The zero-order chi connectivity index (χ0) is 72.1. The van der Waals surface area contributed by atoms with Gasteiger partial charge in [0.25, 0.3) is 0 Å².